The van der Waals surface area contributed by atoms with Gasteiger partial charge in [0.05, 0.1) is 10.6 Å². The Morgan fingerprint density at radius 2 is 2.11 bits per heavy atom. The number of nitro groups is 1. The van der Waals surface area contributed by atoms with E-state index in [9.17, 15) is 14.9 Å². The maximum atomic E-state index is 12.5. The van der Waals surface area contributed by atoms with Gasteiger partial charge < -0.3 is 4.90 Å². The topological polar surface area (TPSA) is 91.6 Å². The van der Waals surface area contributed by atoms with Gasteiger partial charge in [0.2, 0.25) is 0 Å². The van der Waals surface area contributed by atoms with Gasteiger partial charge in [0.1, 0.15) is 5.69 Å². The van der Waals surface area contributed by atoms with E-state index in [0.717, 1.165) is 31.2 Å². The average molecular weight is 404 g/mol. The van der Waals surface area contributed by atoms with E-state index in [1.807, 2.05) is 5.38 Å². The van der Waals surface area contributed by atoms with E-state index in [4.69, 9.17) is 0 Å². The van der Waals surface area contributed by atoms with Gasteiger partial charge in [0.15, 0.2) is 5.13 Å². The van der Waals surface area contributed by atoms with E-state index < -0.39 is 10.8 Å². The van der Waals surface area contributed by atoms with Gasteiger partial charge in [-0.1, -0.05) is 6.92 Å². The summed E-state index contributed by atoms with van der Waals surface area (Å²) in [5, 5.41) is 16.5. The van der Waals surface area contributed by atoms with Crippen molar-refractivity contribution in [2.24, 2.45) is 5.92 Å². The van der Waals surface area contributed by atoms with Gasteiger partial charge in [0, 0.05) is 37.6 Å². The van der Waals surface area contributed by atoms with Crippen LogP contribution in [0.3, 0.4) is 0 Å². The first-order valence-corrected chi connectivity index (χ1v) is 10.2. The Hall–Kier alpha value is -2.52. The highest BCUT2D eigenvalue weighted by atomic mass is 32.1. The highest BCUT2D eigenvalue weighted by molar-refractivity contribution is 7.13. The predicted molar refractivity (Wildman–Crippen MR) is 111 cm³/mol. The third kappa shape index (κ3) is 4.85. The molecule has 1 N–H and O–H groups in total. The molecule has 0 saturated carbocycles. The Bertz CT molecular complexity index is 859. The van der Waals surface area contributed by atoms with Crippen LogP contribution in [0.5, 0.6) is 0 Å². The molecule has 9 heteroatoms. The molecule has 0 radical (unpaired) electrons. The summed E-state index contributed by atoms with van der Waals surface area (Å²) in [4.78, 5) is 31.9. The predicted octanol–water partition coefficient (Wildman–Crippen LogP) is 3.60. The molecule has 1 amide bonds. The van der Waals surface area contributed by atoms with Gasteiger partial charge in [-0.2, -0.15) is 0 Å². The number of thiazole rings is 1. The van der Waals surface area contributed by atoms with E-state index >= 15 is 0 Å². The number of amides is 1. The number of aromatic nitrogens is 1. The lowest BCUT2D eigenvalue weighted by Gasteiger charge is -2.29. The van der Waals surface area contributed by atoms with Crippen molar-refractivity contribution in [1.29, 1.82) is 0 Å². The number of hydrogen-bond donors (Lipinski definition) is 1. The molecule has 1 aliphatic rings. The number of nitro benzene ring substituents is 1. The molecule has 3 rings (SSSR count). The molecule has 2 heterocycles. The summed E-state index contributed by atoms with van der Waals surface area (Å²) < 4.78 is 0. The Balaban J connectivity index is 1.66. The van der Waals surface area contributed by atoms with Crippen molar-refractivity contribution in [2.45, 2.75) is 26.3 Å². The van der Waals surface area contributed by atoms with Crippen molar-refractivity contribution < 1.29 is 9.72 Å². The molecule has 0 spiro atoms. The number of carbonyl (C=O) groups excluding carboxylic acids is 1. The molecule has 0 aliphatic carbocycles. The minimum Gasteiger partial charge on any atom is -0.372 e. The van der Waals surface area contributed by atoms with Crippen LogP contribution in [0.15, 0.2) is 23.6 Å². The Kier molecular flexibility index (Phi) is 6.25. The maximum absolute atomic E-state index is 12.5. The molecule has 8 nitrogen and oxygen atoms in total. The van der Waals surface area contributed by atoms with Crippen LogP contribution in [0, 0.1) is 16.0 Å². The van der Waals surface area contributed by atoms with Crippen molar-refractivity contribution in [3.05, 3.63) is 45.0 Å². The molecule has 1 aliphatic heterocycles. The van der Waals surface area contributed by atoms with Gasteiger partial charge in [-0.15, -0.1) is 11.3 Å². The average Bonchev–Trinajstić information content (AvgIpc) is 3.09. The summed E-state index contributed by atoms with van der Waals surface area (Å²) in [6.45, 7) is 5.20. The second-order valence-electron chi connectivity index (χ2n) is 7.41. The summed E-state index contributed by atoms with van der Waals surface area (Å²) in [5.41, 5.74) is 1.52. The Morgan fingerprint density at radius 1 is 1.39 bits per heavy atom. The molecule has 28 heavy (non-hydrogen) atoms. The Morgan fingerprint density at radius 3 is 2.75 bits per heavy atom. The van der Waals surface area contributed by atoms with Crippen molar-refractivity contribution in [3.63, 3.8) is 0 Å². The highest BCUT2D eigenvalue weighted by Gasteiger charge is 2.20. The van der Waals surface area contributed by atoms with E-state index in [0.29, 0.717) is 10.8 Å². The quantitative estimate of drug-likeness (QED) is 0.585. The normalized spacial score (nSPS) is 15.4. The van der Waals surface area contributed by atoms with Crippen LogP contribution in [-0.2, 0) is 6.54 Å². The van der Waals surface area contributed by atoms with Crippen LogP contribution in [0.2, 0.25) is 0 Å². The van der Waals surface area contributed by atoms with Crippen LogP contribution in [0.1, 0.15) is 35.8 Å². The first-order valence-electron chi connectivity index (χ1n) is 9.27. The Labute approximate surface area is 168 Å². The smallest absolute Gasteiger partial charge is 0.293 e. The van der Waals surface area contributed by atoms with Gasteiger partial charge in [-0.3, -0.25) is 25.1 Å². The maximum Gasteiger partial charge on any atom is 0.293 e. The first kappa shape index (κ1) is 20.2. The van der Waals surface area contributed by atoms with Crippen molar-refractivity contribution in [3.8, 4) is 0 Å². The van der Waals surface area contributed by atoms with Gasteiger partial charge in [0.25, 0.3) is 11.6 Å². The minimum atomic E-state index is -0.479. The van der Waals surface area contributed by atoms with Crippen LogP contribution in [0.25, 0.3) is 0 Å². The lowest BCUT2D eigenvalue weighted by Crippen LogP contribution is -2.32. The molecule has 1 fully saturated rings. The minimum absolute atomic E-state index is 0.100. The molecule has 2 aromatic rings. The number of carbonyl (C=O) groups is 1. The second-order valence-corrected chi connectivity index (χ2v) is 8.27. The van der Waals surface area contributed by atoms with Gasteiger partial charge in [-0.05, 0) is 44.0 Å². The van der Waals surface area contributed by atoms with Crippen LogP contribution >= 0.6 is 11.3 Å². The van der Waals surface area contributed by atoms with E-state index in [-0.39, 0.29) is 11.3 Å². The number of nitrogens with zero attached hydrogens (tertiary/aromatic N) is 4. The van der Waals surface area contributed by atoms with E-state index in [1.54, 1.807) is 31.1 Å². The van der Waals surface area contributed by atoms with E-state index in [1.165, 1.54) is 30.2 Å². The zero-order chi connectivity index (χ0) is 20.3. The van der Waals surface area contributed by atoms with Gasteiger partial charge >= 0.3 is 0 Å². The molecular weight excluding hydrogens is 378 g/mol. The standard InChI is InChI=1S/C19H25N5O3S/c1-13-6-8-23(9-7-13)11-15-12-28-19(20-15)21-18(25)14-4-5-16(22(2)3)17(10-14)24(26)27/h4-5,10,12-13H,6-9,11H2,1-3H3,(H,20,21,25). The summed E-state index contributed by atoms with van der Waals surface area (Å²) >= 11 is 1.37. The number of rotatable bonds is 6. The fraction of sp³-hybridized carbons (Fsp3) is 0.474. The fourth-order valence-corrected chi connectivity index (χ4v) is 3.94. The highest BCUT2D eigenvalue weighted by Crippen LogP contribution is 2.28. The van der Waals surface area contributed by atoms with Crippen molar-refractivity contribution >= 4 is 33.8 Å². The number of nitrogens with one attached hydrogen (secondary N) is 1. The summed E-state index contributed by atoms with van der Waals surface area (Å²) in [5.74, 6) is 0.380. The zero-order valence-corrected chi connectivity index (χ0v) is 17.2. The number of likely N-dealkylation sites (tertiary alicyclic amines) is 1. The lowest BCUT2D eigenvalue weighted by molar-refractivity contribution is -0.384. The lowest BCUT2D eigenvalue weighted by atomic mass is 9.99. The zero-order valence-electron chi connectivity index (χ0n) is 16.3. The van der Waals surface area contributed by atoms with E-state index in [2.05, 4.69) is 22.1 Å². The fourth-order valence-electron chi connectivity index (χ4n) is 3.24. The third-order valence-corrected chi connectivity index (χ3v) is 5.76. The van der Waals surface area contributed by atoms with Crippen LogP contribution in [0.4, 0.5) is 16.5 Å². The van der Waals surface area contributed by atoms with Crippen LogP contribution < -0.4 is 10.2 Å². The first-order chi connectivity index (χ1) is 13.3. The number of anilines is 2. The molecule has 150 valence electrons. The van der Waals surface area contributed by atoms with Gasteiger partial charge in [-0.25, -0.2) is 4.98 Å². The third-order valence-electron chi connectivity index (χ3n) is 4.95. The molecule has 1 aromatic carbocycles. The molecule has 1 aromatic heterocycles. The number of benzene rings is 1. The second kappa shape index (κ2) is 8.66. The molecule has 1 saturated heterocycles. The monoisotopic (exact) mass is 403 g/mol. The SMILES string of the molecule is CC1CCN(Cc2csc(NC(=O)c3ccc(N(C)C)c([N+](=O)[O-])c3)n2)CC1. The number of hydrogen-bond acceptors (Lipinski definition) is 7. The summed E-state index contributed by atoms with van der Waals surface area (Å²) in [7, 11) is 3.45. The van der Waals surface area contributed by atoms with Crippen LogP contribution in [-0.4, -0.2) is 47.9 Å². The molecule has 0 atom stereocenters. The molecular formula is C19H25N5O3S. The van der Waals surface area contributed by atoms with Crippen molar-refractivity contribution in [2.75, 3.05) is 37.4 Å². The molecule has 0 bridgehead atoms. The largest absolute Gasteiger partial charge is 0.372 e. The summed E-state index contributed by atoms with van der Waals surface area (Å²) in [6.07, 6.45) is 2.41. The summed E-state index contributed by atoms with van der Waals surface area (Å²) in [6, 6.07) is 4.47. The molecule has 0 unspecified atom stereocenters. The van der Waals surface area contributed by atoms with Crippen molar-refractivity contribution in [1.82, 2.24) is 9.88 Å². The number of piperidine rings is 1.